The second kappa shape index (κ2) is 9.58. The quantitative estimate of drug-likeness (QED) is 0.626. The number of thioether (sulfide) groups is 1. The number of halogens is 2. The van der Waals surface area contributed by atoms with Crippen LogP contribution in [0.4, 0.5) is 11.4 Å². The van der Waals surface area contributed by atoms with Crippen LogP contribution in [0, 0.1) is 0 Å². The Balaban J connectivity index is 1.72. The van der Waals surface area contributed by atoms with Crippen molar-refractivity contribution in [1.82, 2.24) is 4.90 Å². The van der Waals surface area contributed by atoms with E-state index in [4.69, 9.17) is 28.3 Å². The van der Waals surface area contributed by atoms with Crippen LogP contribution in [-0.4, -0.2) is 42.1 Å². The zero-order chi connectivity index (χ0) is 22.8. The zero-order valence-electron chi connectivity index (χ0n) is 16.2. The van der Waals surface area contributed by atoms with E-state index in [9.17, 15) is 18.0 Å². The predicted molar refractivity (Wildman–Crippen MR) is 123 cm³/mol. The molecule has 1 heterocycles. The fraction of sp³-hybridized carbons (Fsp3) is 0.211. The highest BCUT2D eigenvalue weighted by molar-refractivity contribution is 8.15. The van der Waals surface area contributed by atoms with Crippen molar-refractivity contribution >= 4 is 73.3 Å². The number of amidine groups is 1. The molecule has 12 heteroatoms. The summed E-state index contributed by atoms with van der Waals surface area (Å²) in [5, 5.41) is 8.28. The summed E-state index contributed by atoms with van der Waals surface area (Å²) in [5.74, 6) is -0.573. The highest BCUT2D eigenvalue weighted by atomic mass is 35.5. The summed E-state index contributed by atoms with van der Waals surface area (Å²) in [4.78, 5) is 31.0. The van der Waals surface area contributed by atoms with Gasteiger partial charge in [-0.3, -0.25) is 14.5 Å². The number of carbonyl (C=O) groups excluding carboxylic acids is 2. The minimum absolute atomic E-state index is 0.0317. The summed E-state index contributed by atoms with van der Waals surface area (Å²) in [5.41, 5.74) is 0.938. The van der Waals surface area contributed by atoms with Crippen LogP contribution in [0.5, 0.6) is 0 Å². The second-order valence-electron chi connectivity index (χ2n) is 6.50. The third-order valence-electron chi connectivity index (χ3n) is 4.30. The molecule has 1 aliphatic heterocycles. The number of anilines is 1. The standard InChI is InChI=1S/C19H18Cl2N4O4S2/c1-2-25-18(27)16(10-17(26)23-12-5-8-14(20)15(21)9-12)30-19(25)24-11-3-6-13(7-4-11)31(22,28)29/h3-9,16H,2,10H2,1H3,(H,23,26)(H2,22,28,29)/t16-/m1/s1. The van der Waals surface area contributed by atoms with Gasteiger partial charge in [0.15, 0.2) is 5.17 Å². The van der Waals surface area contributed by atoms with Crippen LogP contribution in [0.3, 0.4) is 0 Å². The number of hydrogen-bond donors (Lipinski definition) is 2. The second-order valence-corrected chi connectivity index (χ2v) is 10.0. The van der Waals surface area contributed by atoms with Gasteiger partial charge in [0, 0.05) is 18.7 Å². The van der Waals surface area contributed by atoms with Gasteiger partial charge >= 0.3 is 0 Å². The predicted octanol–water partition coefficient (Wildman–Crippen LogP) is 3.62. The molecule has 0 spiro atoms. The van der Waals surface area contributed by atoms with E-state index in [1.54, 1.807) is 19.1 Å². The lowest BCUT2D eigenvalue weighted by Crippen LogP contribution is -2.33. The first-order chi connectivity index (χ1) is 14.6. The van der Waals surface area contributed by atoms with Gasteiger partial charge in [0.2, 0.25) is 21.8 Å². The molecule has 2 amide bonds. The molecule has 0 unspecified atom stereocenters. The van der Waals surface area contributed by atoms with Crippen molar-refractivity contribution in [2.75, 3.05) is 11.9 Å². The molecule has 1 aliphatic rings. The molecular weight excluding hydrogens is 483 g/mol. The minimum atomic E-state index is -3.80. The van der Waals surface area contributed by atoms with Crippen LogP contribution < -0.4 is 10.5 Å². The lowest BCUT2D eigenvalue weighted by atomic mass is 10.2. The Morgan fingerprint density at radius 3 is 2.45 bits per heavy atom. The highest BCUT2D eigenvalue weighted by Crippen LogP contribution is 2.32. The molecule has 1 fully saturated rings. The normalized spacial score (nSPS) is 17.9. The first-order valence-electron chi connectivity index (χ1n) is 9.03. The number of nitrogens with one attached hydrogen (secondary N) is 1. The number of nitrogens with zero attached hydrogens (tertiary/aromatic N) is 2. The Morgan fingerprint density at radius 2 is 1.87 bits per heavy atom. The van der Waals surface area contributed by atoms with Crippen molar-refractivity contribution in [3.05, 3.63) is 52.5 Å². The number of aliphatic imine (C=N–C) groups is 1. The third kappa shape index (κ3) is 5.78. The molecule has 3 rings (SSSR count). The van der Waals surface area contributed by atoms with Crippen LogP contribution >= 0.6 is 35.0 Å². The van der Waals surface area contributed by atoms with Gasteiger partial charge in [0.25, 0.3) is 0 Å². The Labute approximate surface area is 193 Å². The van der Waals surface area contributed by atoms with E-state index in [1.807, 2.05) is 0 Å². The van der Waals surface area contributed by atoms with Crippen molar-refractivity contribution in [1.29, 1.82) is 0 Å². The van der Waals surface area contributed by atoms with Crippen LogP contribution in [0.2, 0.25) is 10.0 Å². The molecule has 0 radical (unpaired) electrons. The topological polar surface area (TPSA) is 122 Å². The van der Waals surface area contributed by atoms with Gasteiger partial charge < -0.3 is 5.32 Å². The molecule has 8 nitrogen and oxygen atoms in total. The van der Waals surface area contributed by atoms with Gasteiger partial charge in [-0.05, 0) is 49.4 Å². The van der Waals surface area contributed by atoms with E-state index in [0.29, 0.717) is 33.1 Å². The monoisotopic (exact) mass is 500 g/mol. The average Bonchev–Trinajstić information content (AvgIpc) is 2.98. The number of nitrogens with two attached hydrogens (primary N) is 1. The highest BCUT2D eigenvalue weighted by Gasteiger charge is 2.38. The van der Waals surface area contributed by atoms with E-state index >= 15 is 0 Å². The first-order valence-corrected chi connectivity index (χ1v) is 12.2. The molecule has 0 aliphatic carbocycles. The molecule has 0 bridgehead atoms. The van der Waals surface area contributed by atoms with Gasteiger partial charge in [-0.25, -0.2) is 18.5 Å². The maximum absolute atomic E-state index is 12.7. The maximum atomic E-state index is 12.7. The summed E-state index contributed by atoms with van der Waals surface area (Å²) in [6, 6.07) is 10.4. The van der Waals surface area contributed by atoms with Gasteiger partial charge in [-0.15, -0.1) is 0 Å². The molecule has 0 aromatic heterocycles. The molecule has 1 atom stereocenters. The molecule has 31 heavy (non-hydrogen) atoms. The van der Waals surface area contributed by atoms with Gasteiger partial charge in [0.05, 0.1) is 20.6 Å². The lowest BCUT2D eigenvalue weighted by Gasteiger charge is -2.13. The molecule has 2 aromatic rings. The number of rotatable bonds is 6. The van der Waals surface area contributed by atoms with Crippen LogP contribution in [0.15, 0.2) is 52.4 Å². The Kier molecular flexibility index (Phi) is 7.28. The minimum Gasteiger partial charge on any atom is -0.326 e. The zero-order valence-corrected chi connectivity index (χ0v) is 19.4. The molecule has 1 saturated heterocycles. The molecule has 3 N–H and O–H groups in total. The Hall–Kier alpha value is -2.11. The fourth-order valence-corrected chi connectivity index (χ4v) is 4.83. The van der Waals surface area contributed by atoms with Crippen LogP contribution in [0.25, 0.3) is 0 Å². The van der Waals surface area contributed by atoms with Crippen molar-refractivity contribution in [2.24, 2.45) is 10.1 Å². The Morgan fingerprint density at radius 1 is 1.19 bits per heavy atom. The van der Waals surface area contributed by atoms with E-state index < -0.39 is 15.3 Å². The summed E-state index contributed by atoms with van der Waals surface area (Å²) in [6.45, 7) is 2.18. The van der Waals surface area contributed by atoms with E-state index in [0.717, 1.165) is 0 Å². The number of primary sulfonamides is 1. The largest absolute Gasteiger partial charge is 0.326 e. The summed E-state index contributed by atoms with van der Waals surface area (Å²) in [6.07, 6.45) is -0.0520. The van der Waals surface area contributed by atoms with E-state index in [-0.39, 0.29) is 23.1 Å². The fourth-order valence-electron chi connectivity index (χ4n) is 2.79. The van der Waals surface area contributed by atoms with Crippen LogP contribution in [-0.2, 0) is 19.6 Å². The van der Waals surface area contributed by atoms with E-state index in [1.165, 1.54) is 47.0 Å². The van der Waals surface area contributed by atoms with Crippen molar-refractivity contribution in [3.8, 4) is 0 Å². The first kappa shape index (κ1) is 23.6. The number of hydrogen-bond acceptors (Lipinski definition) is 6. The summed E-state index contributed by atoms with van der Waals surface area (Å²) >= 11 is 13.0. The van der Waals surface area contributed by atoms with Crippen molar-refractivity contribution < 1.29 is 18.0 Å². The van der Waals surface area contributed by atoms with E-state index in [2.05, 4.69) is 10.3 Å². The van der Waals surface area contributed by atoms with Crippen molar-refractivity contribution in [3.63, 3.8) is 0 Å². The average molecular weight is 501 g/mol. The molecule has 2 aromatic carbocycles. The van der Waals surface area contributed by atoms with Gasteiger partial charge in [-0.2, -0.15) is 0 Å². The third-order valence-corrected chi connectivity index (χ3v) is 7.14. The maximum Gasteiger partial charge on any atom is 0.242 e. The Bertz CT molecular complexity index is 1150. The summed E-state index contributed by atoms with van der Waals surface area (Å²) < 4.78 is 22.8. The number of amides is 2. The summed E-state index contributed by atoms with van der Waals surface area (Å²) in [7, 11) is -3.80. The number of sulfonamides is 1. The molecular formula is C19H18Cl2N4O4S2. The van der Waals surface area contributed by atoms with Gasteiger partial charge in [-0.1, -0.05) is 35.0 Å². The molecule has 0 saturated carbocycles. The van der Waals surface area contributed by atoms with Gasteiger partial charge in [0.1, 0.15) is 5.25 Å². The molecule has 164 valence electrons. The smallest absolute Gasteiger partial charge is 0.242 e. The lowest BCUT2D eigenvalue weighted by molar-refractivity contribution is -0.128. The SMILES string of the molecule is CCN1C(=O)[C@@H](CC(=O)Nc2ccc(Cl)c(Cl)c2)SC1=Nc1ccc(S(N)(=O)=O)cc1. The number of carbonyl (C=O) groups is 2. The van der Waals surface area contributed by atoms with Crippen LogP contribution in [0.1, 0.15) is 13.3 Å². The van der Waals surface area contributed by atoms with Crippen molar-refractivity contribution in [2.45, 2.75) is 23.5 Å². The number of benzene rings is 2.